The lowest BCUT2D eigenvalue weighted by molar-refractivity contribution is -0.139. The third kappa shape index (κ3) is 4.43. The number of carbonyl (C=O) groups is 1. The Balaban J connectivity index is 1.71. The number of halogens is 5. The van der Waals surface area contributed by atoms with Crippen molar-refractivity contribution in [2.24, 2.45) is 5.92 Å². The maximum absolute atomic E-state index is 13.1. The maximum Gasteiger partial charge on any atom is 0.416 e. The molecule has 2 fully saturated rings. The van der Waals surface area contributed by atoms with Crippen LogP contribution >= 0.6 is 23.2 Å². The molecule has 2 aromatic carbocycles. The van der Waals surface area contributed by atoms with E-state index < -0.39 is 23.2 Å². The molecule has 0 radical (unpaired) electrons. The Hall–Kier alpha value is -1.76. The molecule has 4 rings (SSSR count). The molecule has 31 heavy (non-hydrogen) atoms. The minimum absolute atomic E-state index is 0.0163. The Kier molecular flexibility index (Phi) is 6.01. The van der Waals surface area contributed by atoms with E-state index in [2.05, 4.69) is 4.90 Å². The molecule has 2 aliphatic rings. The second-order valence-corrected chi connectivity index (χ2v) is 9.39. The summed E-state index contributed by atoms with van der Waals surface area (Å²) in [7, 11) is 0. The number of piperidine rings is 1. The molecule has 0 amide bonds. The van der Waals surface area contributed by atoms with Gasteiger partial charge in [0.15, 0.2) is 0 Å². The number of fused-ring (bicyclic) bond motifs is 2. The molecular formula is C23H22Cl2F3NO2. The van der Waals surface area contributed by atoms with Gasteiger partial charge in [0.25, 0.3) is 0 Å². The molecule has 2 heterocycles. The molecule has 3 atom stereocenters. The van der Waals surface area contributed by atoms with Gasteiger partial charge < -0.3 is 5.11 Å². The van der Waals surface area contributed by atoms with Crippen LogP contribution in [-0.4, -0.2) is 22.0 Å². The Bertz CT molecular complexity index is 980. The highest BCUT2D eigenvalue weighted by atomic mass is 35.5. The number of carboxylic acid groups (broad SMARTS) is 1. The summed E-state index contributed by atoms with van der Waals surface area (Å²) in [5, 5.41) is 10.2. The van der Waals surface area contributed by atoms with Gasteiger partial charge in [-0.2, -0.15) is 13.2 Å². The highest BCUT2D eigenvalue weighted by Gasteiger charge is 2.52. The van der Waals surface area contributed by atoms with Crippen LogP contribution in [0.25, 0.3) is 0 Å². The predicted octanol–water partition coefficient (Wildman–Crippen LogP) is 6.76. The second-order valence-electron chi connectivity index (χ2n) is 8.58. The number of hydrogen-bond donors (Lipinski definition) is 1. The Morgan fingerprint density at radius 3 is 2.45 bits per heavy atom. The first kappa shape index (κ1) is 22.4. The largest absolute Gasteiger partial charge is 0.481 e. The Morgan fingerprint density at radius 1 is 1.13 bits per heavy atom. The maximum atomic E-state index is 13.1. The van der Waals surface area contributed by atoms with E-state index in [0.717, 1.165) is 42.5 Å². The van der Waals surface area contributed by atoms with Crippen molar-refractivity contribution >= 4 is 29.2 Å². The van der Waals surface area contributed by atoms with Crippen molar-refractivity contribution in [1.82, 2.24) is 4.90 Å². The third-order valence-corrected chi connectivity index (χ3v) is 7.40. The molecule has 0 spiro atoms. The van der Waals surface area contributed by atoms with E-state index in [-0.39, 0.29) is 18.4 Å². The minimum Gasteiger partial charge on any atom is -0.481 e. The molecule has 0 saturated carbocycles. The molecule has 2 aromatic rings. The summed E-state index contributed by atoms with van der Waals surface area (Å²) in [6.07, 6.45) is -1.32. The molecule has 1 N–H and O–H groups in total. The summed E-state index contributed by atoms with van der Waals surface area (Å²) in [6.45, 7) is 0.572. The number of hydrogen-bond acceptors (Lipinski definition) is 2. The lowest BCUT2D eigenvalue weighted by Gasteiger charge is -2.48. The Morgan fingerprint density at radius 2 is 1.84 bits per heavy atom. The highest BCUT2D eigenvalue weighted by molar-refractivity contribution is 6.42. The number of carboxylic acids is 1. The predicted molar refractivity (Wildman–Crippen MR) is 113 cm³/mol. The average Bonchev–Trinajstić information content (AvgIpc) is 2.90. The highest BCUT2D eigenvalue weighted by Crippen LogP contribution is 2.54. The smallest absolute Gasteiger partial charge is 0.416 e. The van der Waals surface area contributed by atoms with Crippen molar-refractivity contribution < 1.29 is 23.1 Å². The fourth-order valence-electron chi connectivity index (χ4n) is 5.38. The third-order valence-electron chi connectivity index (χ3n) is 6.66. The van der Waals surface area contributed by atoms with Crippen LogP contribution in [0, 0.1) is 5.92 Å². The summed E-state index contributed by atoms with van der Waals surface area (Å²) in [6, 6.07) is 11.0. The molecule has 0 aliphatic carbocycles. The van der Waals surface area contributed by atoms with Crippen molar-refractivity contribution in [2.75, 3.05) is 0 Å². The number of rotatable bonds is 5. The van der Waals surface area contributed by atoms with Gasteiger partial charge in [-0.1, -0.05) is 41.4 Å². The van der Waals surface area contributed by atoms with Crippen molar-refractivity contribution in [1.29, 1.82) is 0 Å². The van der Waals surface area contributed by atoms with Crippen LogP contribution < -0.4 is 0 Å². The molecule has 8 heteroatoms. The number of alkyl halides is 3. The Labute approximate surface area is 188 Å². The molecule has 2 aliphatic heterocycles. The molecule has 2 saturated heterocycles. The minimum atomic E-state index is -4.40. The molecule has 2 bridgehead atoms. The fraction of sp³-hybridized carbons (Fsp3) is 0.435. The van der Waals surface area contributed by atoms with E-state index in [4.69, 9.17) is 23.2 Å². The van der Waals surface area contributed by atoms with E-state index in [1.54, 1.807) is 18.2 Å². The molecule has 166 valence electrons. The first-order valence-electron chi connectivity index (χ1n) is 10.2. The van der Waals surface area contributed by atoms with Crippen molar-refractivity contribution in [3.05, 3.63) is 69.2 Å². The topological polar surface area (TPSA) is 40.5 Å². The van der Waals surface area contributed by atoms with Gasteiger partial charge >= 0.3 is 12.1 Å². The van der Waals surface area contributed by atoms with Crippen molar-refractivity contribution in [3.63, 3.8) is 0 Å². The van der Waals surface area contributed by atoms with Gasteiger partial charge in [0.2, 0.25) is 0 Å². The van der Waals surface area contributed by atoms with E-state index in [9.17, 15) is 23.1 Å². The van der Waals surface area contributed by atoms with Crippen LogP contribution in [0.5, 0.6) is 0 Å². The summed E-state index contributed by atoms with van der Waals surface area (Å²) >= 11 is 12.2. The molecule has 1 unspecified atom stereocenters. The van der Waals surface area contributed by atoms with Crippen LogP contribution in [0.15, 0.2) is 42.5 Å². The van der Waals surface area contributed by atoms with Crippen LogP contribution in [0.2, 0.25) is 10.0 Å². The number of aliphatic carboxylic acids is 1. The first-order valence-corrected chi connectivity index (χ1v) is 10.9. The van der Waals surface area contributed by atoms with Gasteiger partial charge in [-0.25, -0.2) is 0 Å². The molecule has 3 nitrogen and oxygen atoms in total. The van der Waals surface area contributed by atoms with Crippen LogP contribution in [0.3, 0.4) is 0 Å². The van der Waals surface area contributed by atoms with E-state index in [1.165, 1.54) is 0 Å². The summed E-state index contributed by atoms with van der Waals surface area (Å²) in [5.74, 6) is -0.859. The zero-order valence-corrected chi connectivity index (χ0v) is 18.1. The van der Waals surface area contributed by atoms with Crippen LogP contribution in [0.4, 0.5) is 13.2 Å². The molecular weight excluding hydrogens is 450 g/mol. The summed E-state index contributed by atoms with van der Waals surface area (Å²) in [5.41, 5.74) is 0.586. The normalized spacial score (nSPS) is 26.2. The lowest BCUT2D eigenvalue weighted by Crippen LogP contribution is -2.50. The van der Waals surface area contributed by atoms with E-state index in [1.807, 2.05) is 12.1 Å². The summed E-state index contributed by atoms with van der Waals surface area (Å²) in [4.78, 5) is 13.7. The fourth-order valence-corrected chi connectivity index (χ4v) is 5.70. The van der Waals surface area contributed by atoms with E-state index >= 15 is 0 Å². The van der Waals surface area contributed by atoms with E-state index in [0.29, 0.717) is 23.0 Å². The van der Waals surface area contributed by atoms with Gasteiger partial charge in [-0.15, -0.1) is 0 Å². The van der Waals surface area contributed by atoms with Gasteiger partial charge in [-0.3, -0.25) is 9.69 Å². The van der Waals surface area contributed by atoms with Crippen molar-refractivity contribution in [3.8, 4) is 0 Å². The van der Waals surface area contributed by atoms with Gasteiger partial charge in [-0.05, 0) is 67.0 Å². The zero-order chi connectivity index (χ0) is 22.4. The van der Waals surface area contributed by atoms with Gasteiger partial charge in [0.1, 0.15) is 0 Å². The quantitative estimate of drug-likeness (QED) is 0.523. The van der Waals surface area contributed by atoms with Crippen LogP contribution in [-0.2, 0) is 23.1 Å². The molecule has 0 aromatic heterocycles. The van der Waals surface area contributed by atoms with Gasteiger partial charge in [0, 0.05) is 24.5 Å². The number of nitrogens with zero attached hydrogens (tertiary/aromatic N) is 1. The lowest BCUT2D eigenvalue weighted by atomic mass is 9.75. The number of benzene rings is 2. The standard InChI is InChI=1S/C23H22Cl2F3NO2/c24-19-6-1-14(10-20(19)25)13-29-18-7-8-22(29,12-15(9-18)11-21(30)31)16-2-4-17(5-3-16)23(26,27)28/h1-6,10,15,18H,7-9,11-13H2,(H,30,31)/t15?,18-,22-/m0/s1. The second kappa shape index (κ2) is 8.30. The monoisotopic (exact) mass is 471 g/mol. The van der Waals surface area contributed by atoms with Crippen LogP contribution in [0.1, 0.15) is 48.8 Å². The average molecular weight is 472 g/mol. The van der Waals surface area contributed by atoms with Crippen molar-refractivity contribution in [2.45, 2.75) is 56.4 Å². The van der Waals surface area contributed by atoms with Gasteiger partial charge in [0.05, 0.1) is 15.6 Å². The zero-order valence-electron chi connectivity index (χ0n) is 16.6. The first-order chi connectivity index (χ1) is 14.6. The summed E-state index contributed by atoms with van der Waals surface area (Å²) < 4.78 is 39.3. The SMILES string of the molecule is O=C(O)CC1C[C@@H]2CC[C@@](c3ccc(C(F)(F)F)cc3)(C1)N2Cc1ccc(Cl)c(Cl)c1.